The van der Waals surface area contributed by atoms with Crippen molar-refractivity contribution in [3.63, 3.8) is 0 Å². The number of nitrogens with one attached hydrogen (secondary N) is 1. The number of rotatable bonds is 2. The topological polar surface area (TPSA) is 84.1 Å². The minimum absolute atomic E-state index is 0.192. The highest BCUT2D eigenvalue weighted by atomic mass is 16.2. The van der Waals surface area contributed by atoms with Gasteiger partial charge in [0.15, 0.2) is 5.70 Å². The second-order valence-electron chi connectivity index (χ2n) is 6.18. The van der Waals surface area contributed by atoms with Gasteiger partial charge < -0.3 is 4.98 Å². The Balaban J connectivity index is 1.82. The number of hydrogen-bond donors (Lipinski definition) is 2. The van der Waals surface area contributed by atoms with Crippen molar-refractivity contribution in [3.8, 4) is 0 Å². The quantitative estimate of drug-likeness (QED) is 0.508. The average molecular weight is 310 g/mol. The van der Waals surface area contributed by atoms with Gasteiger partial charge in [0, 0.05) is 29.3 Å². The second kappa shape index (κ2) is 5.11. The summed E-state index contributed by atoms with van der Waals surface area (Å²) in [4.78, 5) is 20.7. The highest BCUT2D eigenvalue weighted by molar-refractivity contribution is 6.03. The lowest BCUT2D eigenvalue weighted by Gasteiger charge is -2.24. The molecule has 23 heavy (non-hydrogen) atoms. The first kappa shape index (κ1) is 14.3. The molecule has 0 saturated carbocycles. The van der Waals surface area contributed by atoms with E-state index < -0.39 is 4.70 Å². The van der Waals surface area contributed by atoms with Crippen molar-refractivity contribution in [2.24, 2.45) is 10.9 Å². The van der Waals surface area contributed by atoms with Crippen molar-refractivity contribution in [2.45, 2.75) is 39.0 Å². The fraction of sp³-hybridized carbons (Fsp3) is 0.353. The van der Waals surface area contributed by atoms with Crippen LogP contribution in [-0.4, -0.2) is 26.8 Å². The summed E-state index contributed by atoms with van der Waals surface area (Å²) in [5.74, 6) is 6.23. The minimum atomic E-state index is -0.457. The van der Waals surface area contributed by atoms with E-state index in [9.17, 15) is 4.79 Å². The van der Waals surface area contributed by atoms with E-state index >= 15 is 0 Å². The Kier molecular flexibility index (Phi) is 3.18. The van der Waals surface area contributed by atoms with Crippen LogP contribution in [0.1, 0.15) is 48.7 Å². The molecule has 0 fully saturated rings. The van der Waals surface area contributed by atoms with Crippen LogP contribution in [-0.2, 0) is 6.42 Å². The fourth-order valence-electron chi connectivity index (χ4n) is 3.49. The zero-order valence-corrected chi connectivity index (χ0v) is 13.2. The molecule has 1 aliphatic heterocycles. The van der Waals surface area contributed by atoms with Crippen molar-refractivity contribution in [1.82, 2.24) is 9.97 Å². The molecule has 4 rings (SSSR count). The monoisotopic (exact) mass is 310 g/mol. The Labute approximate surface area is 134 Å². The molecule has 2 aliphatic rings. The second-order valence-corrected chi connectivity index (χ2v) is 6.18. The molecule has 6 nitrogen and oxygen atoms in total. The summed E-state index contributed by atoms with van der Waals surface area (Å²) in [6.45, 7) is 2.06. The molecule has 2 aromatic rings. The van der Waals surface area contributed by atoms with Crippen molar-refractivity contribution in [3.05, 3.63) is 40.9 Å². The number of amides is 1. The first-order valence-electron chi connectivity index (χ1n) is 8.11. The number of aryl methyl sites for hydroxylation is 1. The Morgan fingerprint density at radius 1 is 1.39 bits per heavy atom. The molecule has 0 spiro atoms. The van der Waals surface area contributed by atoms with E-state index in [1.54, 1.807) is 18.5 Å². The number of pyridine rings is 1. The van der Waals surface area contributed by atoms with Crippen molar-refractivity contribution in [2.75, 3.05) is 0 Å². The molecular weight excluding hydrogens is 290 g/mol. The van der Waals surface area contributed by atoms with Gasteiger partial charge in [-0.05, 0) is 42.5 Å². The Bertz CT molecular complexity index is 863. The van der Waals surface area contributed by atoms with E-state index in [0.717, 1.165) is 60.1 Å². The molecule has 3 heterocycles. The molecule has 6 heteroatoms. The van der Waals surface area contributed by atoms with Crippen molar-refractivity contribution < 1.29 is 9.50 Å². The third-order valence-electron chi connectivity index (χ3n) is 4.80. The highest BCUT2D eigenvalue weighted by Gasteiger charge is 2.46. The summed E-state index contributed by atoms with van der Waals surface area (Å²) in [7, 11) is 0. The SMILES string of the molecule is CCc1cc2c(C(=O)[N+]3(N)N=CC4=C3CCCC4)ccnc2[nH]1. The van der Waals surface area contributed by atoms with Crippen LogP contribution in [0.4, 0.5) is 0 Å². The average Bonchev–Trinajstić information content (AvgIpc) is 3.16. The molecule has 3 N–H and O–H groups in total. The maximum atomic E-state index is 13.2. The lowest BCUT2D eigenvalue weighted by Crippen LogP contribution is -2.52. The zero-order chi connectivity index (χ0) is 16.0. The van der Waals surface area contributed by atoms with Gasteiger partial charge in [-0.15, -0.1) is 5.84 Å². The van der Waals surface area contributed by atoms with Crippen LogP contribution in [0.25, 0.3) is 11.0 Å². The molecule has 1 amide bonds. The first-order chi connectivity index (χ1) is 11.1. The third-order valence-corrected chi connectivity index (χ3v) is 4.80. The number of fused-ring (bicyclic) bond motifs is 1. The standard InChI is InChI=1S/C17H19N5O/c1-2-12-9-14-13(7-8-19-16(14)21-12)17(23)22(18)15-6-4-3-5-11(15)10-20-22/h7-10H,2-6,18H2,1H3/p+1. The maximum absolute atomic E-state index is 13.2. The maximum Gasteiger partial charge on any atom is 0.397 e. The lowest BCUT2D eigenvalue weighted by atomic mass is 9.97. The van der Waals surface area contributed by atoms with Gasteiger partial charge in [0.2, 0.25) is 0 Å². The molecule has 0 radical (unpaired) electrons. The van der Waals surface area contributed by atoms with Crippen LogP contribution in [0.3, 0.4) is 0 Å². The van der Waals surface area contributed by atoms with Gasteiger partial charge in [-0.3, -0.25) is 0 Å². The minimum Gasteiger partial charge on any atom is -0.343 e. The van der Waals surface area contributed by atoms with Crippen molar-refractivity contribution >= 4 is 23.2 Å². The number of quaternary nitrogens is 1. The van der Waals surface area contributed by atoms with Crippen LogP contribution in [0.2, 0.25) is 0 Å². The van der Waals surface area contributed by atoms with E-state index in [2.05, 4.69) is 22.0 Å². The fourth-order valence-corrected chi connectivity index (χ4v) is 3.49. The Hall–Kier alpha value is -2.31. The van der Waals surface area contributed by atoms with Crippen LogP contribution in [0, 0.1) is 0 Å². The van der Waals surface area contributed by atoms with Gasteiger partial charge in [-0.25, -0.2) is 9.78 Å². The molecule has 1 unspecified atom stereocenters. The number of aromatic amines is 1. The number of carbonyl (C=O) groups excluding carboxylic acids is 1. The van der Waals surface area contributed by atoms with Crippen LogP contribution in [0.5, 0.6) is 0 Å². The molecule has 0 bridgehead atoms. The third kappa shape index (κ3) is 2.06. The predicted octanol–water partition coefficient (Wildman–Crippen LogP) is 2.78. The number of aromatic nitrogens is 2. The number of hydrogen-bond acceptors (Lipinski definition) is 4. The number of allylic oxidation sites excluding steroid dienone is 2. The Morgan fingerprint density at radius 2 is 2.22 bits per heavy atom. The van der Waals surface area contributed by atoms with E-state index in [-0.39, 0.29) is 5.91 Å². The van der Waals surface area contributed by atoms with E-state index in [1.165, 1.54) is 0 Å². The van der Waals surface area contributed by atoms with Gasteiger partial charge in [0.25, 0.3) is 0 Å². The first-order valence-corrected chi connectivity index (χ1v) is 8.11. The summed E-state index contributed by atoms with van der Waals surface area (Å²) < 4.78 is -0.457. The summed E-state index contributed by atoms with van der Waals surface area (Å²) in [5.41, 5.74) is 4.42. The molecule has 118 valence electrons. The van der Waals surface area contributed by atoms with Crippen molar-refractivity contribution in [1.29, 1.82) is 0 Å². The molecular formula is C17H20N5O+. The summed E-state index contributed by atoms with van der Waals surface area (Å²) >= 11 is 0. The van der Waals surface area contributed by atoms with Gasteiger partial charge >= 0.3 is 5.91 Å². The smallest absolute Gasteiger partial charge is 0.343 e. The number of carbonyl (C=O) groups is 1. The van der Waals surface area contributed by atoms with Crippen LogP contribution >= 0.6 is 0 Å². The molecule has 0 aromatic carbocycles. The summed E-state index contributed by atoms with van der Waals surface area (Å²) in [6.07, 6.45) is 8.27. The number of H-pyrrole nitrogens is 1. The molecule has 0 saturated heterocycles. The number of nitrogens with two attached hydrogens (primary N) is 1. The Morgan fingerprint density at radius 3 is 3.04 bits per heavy atom. The van der Waals surface area contributed by atoms with Crippen LogP contribution < -0.4 is 5.84 Å². The normalized spacial score (nSPS) is 23.6. The zero-order valence-electron chi connectivity index (χ0n) is 13.2. The molecule has 1 aliphatic carbocycles. The largest absolute Gasteiger partial charge is 0.397 e. The van der Waals surface area contributed by atoms with Gasteiger partial charge in [-0.1, -0.05) is 12.0 Å². The van der Waals surface area contributed by atoms with Gasteiger partial charge in [0.1, 0.15) is 5.65 Å². The summed E-state index contributed by atoms with van der Waals surface area (Å²) in [6, 6.07) is 3.72. The van der Waals surface area contributed by atoms with E-state index in [4.69, 9.17) is 5.84 Å². The van der Waals surface area contributed by atoms with E-state index in [1.807, 2.05) is 6.07 Å². The van der Waals surface area contributed by atoms with Gasteiger partial charge in [0.05, 0.1) is 11.8 Å². The van der Waals surface area contributed by atoms with Gasteiger partial charge in [-0.2, -0.15) is 0 Å². The van der Waals surface area contributed by atoms with E-state index in [0.29, 0.717) is 5.56 Å². The number of nitrogens with zero attached hydrogens (tertiary/aromatic N) is 3. The predicted molar refractivity (Wildman–Crippen MR) is 88.2 cm³/mol. The highest BCUT2D eigenvalue weighted by Crippen LogP contribution is 2.36. The lowest BCUT2D eigenvalue weighted by molar-refractivity contribution is -0.828. The molecule has 2 aromatic heterocycles. The van der Waals surface area contributed by atoms with Crippen LogP contribution in [0.15, 0.2) is 34.7 Å². The molecule has 1 atom stereocenters. The summed E-state index contributed by atoms with van der Waals surface area (Å²) in [5, 5.41) is 5.18.